The van der Waals surface area contributed by atoms with Crippen LogP contribution in [0.25, 0.3) is 0 Å². The molecule has 1 saturated heterocycles. The van der Waals surface area contributed by atoms with Crippen molar-refractivity contribution in [3.8, 4) is 0 Å². The Bertz CT molecular complexity index is 531. The SMILES string of the molecule is Cl.O=S(=O)(NCC1CCCN1)c1ccc(Cl)cc1Cl. The third-order valence-corrected chi connectivity index (χ3v) is 5.01. The van der Waals surface area contributed by atoms with Gasteiger partial charge in [0.05, 0.1) is 5.02 Å². The Balaban J connectivity index is 0.00000180. The molecule has 1 unspecified atom stereocenters. The molecule has 8 heteroatoms. The molecule has 1 heterocycles. The van der Waals surface area contributed by atoms with E-state index in [1.807, 2.05) is 0 Å². The van der Waals surface area contributed by atoms with E-state index in [0.717, 1.165) is 19.4 Å². The van der Waals surface area contributed by atoms with Gasteiger partial charge in [0.2, 0.25) is 10.0 Å². The van der Waals surface area contributed by atoms with Crippen molar-refractivity contribution in [1.82, 2.24) is 10.0 Å². The van der Waals surface area contributed by atoms with E-state index in [-0.39, 0.29) is 28.4 Å². The largest absolute Gasteiger partial charge is 0.313 e. The zero-order valence-corrected chi connectivity index (χ0v) is 13.2. The van der Waals surface area contributed by atoms with E-state index >= 15 is 0 Å². The van der Waals surface area contributed by atoms with Gasteiger partial charge in [-0.05, 0) is 37.6 Å². The molecule has 2 N–H and O–H groups in total. The number of hydrogen-bond acceptors (Lipinski definition) is 3. The highest BCUT2D eigenvalue weighted by Gasteiger charge is 2.21. The van der Waals surface area contributed by atoms with Gasteiger partial charge in [0.25, 0.3) is 0 Å². The summed E-state index contributed by atoms with van der Waals surface area (Å²) >= 11 is 11.6. The van der Waals surface area contributed by atoms with Gasteiger partial charge in [-0.2, -0.15) is 0 Å². The van der Waals surface area contributed by atoms with Gasteiger partial charge in [-0.25, -0.2) is 13.1 Å². The van der Waals surface area contributed by atoms with Crippen molar-refractivity contribution in [1.29, 1.82) is 0 Å². The number of nitrogens with one attached hydrogen (secondary N) is 2. The summed E-state index contributed by atoms with van der Waals surface area (Å²) in [5, 5.41) is 3.77. The lowest BCUT2D eigenvalue weighted by molar-refractivity contribution is 0.552. The Hall–Kier alpha value is -0.0400. The number of benzene rings is 1. The predicted molar refractivity (Wildman–Crippen MR) is 79.9 cm³/mol. The summed E-state index contributed by atoms with van der Waals surface area (Å²) in [4.78, 5) is 0.0616. The van der Waals surface area contributed by atoms with Crippen LogP contribution in [0.15, 0.2) is 23.1 Å². The van der Waals surface area contributed by atoms with E-state index in [0.29, 0.717) is 11.6 Å². The Morgan fingerprint density at radius 3 is 2.68 bits per heavy atom. The van der Waals surface area contributed by atoms with E-state index in [1.54, 1.807) is 0 Å². The first-order valence-electron chi connectivity index (χ1n) is 5.67. The van der Waals surface area contributed by atoms with Crippen molar-refractivity contribution >= 4 is 45.6 Å². The lowest BCUT2D eigenvalue weighted by atomic mass is 10.2. The van der Waals surface area contributed by atoms with Crippen LogP contribution in [-0.2, 0) is 10.0 Å². The molecule has 1 aliphatic heterocycles. The van der Waals surface area contributed by atoms with Crippen LogP contribution >= 0.6 is 35.6 Å². The number of rotatable bonds is 4. The number of sulfonamides is 1. The zero-order valence-electron chi connectivity index (χ0n) is 10.0. The molecule has 1 aromatic carbocycles. The Kier molecular flexibility index (Phi) is 6.36. The third-order valence-electron chi connectivity index (χ3n) is 2.87. The first-order chi connectivity index (χ1) is 8.49. The summed E-state index contributed by atoms with van der Waals surface area (Å²) in [6, 6.07) is 4.54. The Labute approximate surface area is 129 Å². The van der Waals surface area contributed by atoms with Crippen molar-refractivity contribution in [3.63, 3.8) is 0 Å². The van der Waals surface area contributed by atoms with E-state index in [4.69, 9.17) is 23.2 Å². The van der Waals surface area contributed by atoms with Gasteiger partial charge in [0.15, 0.2) is 0 Å². The molecule has 1 fully saturated rings. The highest BCUT2D eigenvalue weighted by Crippen LogP contribution is 2.24. The van der Waals surface area contributed by atoms with Crippen LogP contribution in [0.5, 0.6) is 0 Å². The van der Waals surface area contributed by atoms with Gasteiger partial charge in [-0.3, -0.25) is 0 Å². The molecular weight excluding hydrogens is 331 g/mol. The number of hydrogen-bond donors (Lipinski definition) is 2. The molecule has 0 spiro atoms. The minimum absolute atomic E-state index is 0. The predicted octanol–water partition coefficient (Wildman–Crippen LogP) is 2.45. The van der Waals surface area contributed by atoms with Gasteiger partial charge < -0.3 is 5.32 Å². The lowest BCUT2D eigenvalue weighted by Crippen LogP contribution is -2.37. The van der Waals surface area contributed by atoms with Crippen molar-refractivity contribution < 1.29 is 8.42 Å². The highest BCUT2D eigenvalue weighted by molar-refractivity contribution is 7.89. The molecule has 1 aliphatic rings. The molecule has 2 rings (SSSR count). The molecule has 4 nitrogen and oxygen atoms in total. The first-order valence-corrected chi connectivity index (χ1v) is 7.91. The normalized spacial score (nSPS) is 19.2. The molecule has 0 radical (unpaired) electrons. The second kappa shape index (κ2) is 7.11. The molecule has 0 amide bonds. The highest BCUT2D eigenvalue weighted by atomic mass is 35.5. The average molecular weight is 346 g/mol. The van der Waals surface area contributed by atoms with Crippen LogP contribution in [0, 0.1) is 0 Å². The third kappa shape index (κ3) is 4.48. The molecule has 0 aliphatic carbocycles. The Morgan fingerprint density at radius 2 is 2.11 bits per heavy atom. The topological polar surface area (TPSA) is 58.2 Å². The molecule has 108 valence electrons. The van der Waals surface area contributed by atoms with Crippen molar-refractivity contribution in [2.75, 3.05) is 13.1 Å². The van der Waals surface area contributed by atoms with Crippen LogP contribution in [0.3, 0.4) is 0 Å². The maximum absolute atomic E-state index is 12.1. The summed E-state index contributed by atoms with van der Waals surface area (Å²) in [6.45, 7) is 1.31. The summed E-state index contributed by atoms with van der Waals surface area (Å²) in [5.41, 5.74) is 0. The maximum Gasteiger partial charge on any atom is 0.242 e. The Morgan fingerprint density at radius 1 is 1.37 bits per heavy atom. The molecule has 0 bridgehead atoms. The van der Waals surface area contributed by atoms with Gasteiger partial charge in [0, 0.05) is 17.6 Å². The van der Waals surface area contributed by atoms with E-state index in [2.05, 4.69) is 10.0 Å². The monoisotopic (exact) mass is 344 g/mol. The fraction of sp³-hybridized carbons (Fsp3) is 0.455. The maximum atomic E-state index is 12.1. The summed E-state index contributed by atoms with van der Waals surface area (Å²) in [7, 11) is -3.58. The smallest absolute Gasteiger partial charge is 0.242 e. The van der Waals surface area contributed by atoms with Crippen LogP contribution < -0.4 is 10.0 Å². The standard InChI is InChI=1S/C11H14Cl2N2O2S.ClH/c12-8-3-4-11(10(13)6-8)18(16,17)15-7-9-2-1-5-14-9;/h3-4,6,9,14-15H,1-2,5,7H2;1H. The lowest BCUT2D eigenvalue weighted by Gasteiger charge is -2.12. The van der Waals surface area contributed by atoms with E-state index < -0.39 is 10.0 Å². The summed E-state index contributed by atoms with van der Waals surface area (Å²) in [5.74, 6) is 0. The second-order valence-electron chi connectivity index (χ2n) is 4.22. The van der Waals surface area contributed by atoms with E-state index in [9.17, 15) is 8.42 Å². The zero-order chi connectivity index (χ0) is 13.2. The number of halogens is 3. The van der Waals surface area contributed by atoms with Crippen molar-refractivity contribution in [2.24, 2.45) is 0 Å². The van der Waals surface area contributed by atoms with Crippen LogP contribution in [0.1, 0.15) is 12.8 Å². The first kappa shape index (κ1) is 17.0. The van der Waals surface area contributed by atoms with Gasteiger partial charge in [0.1, 0.15) is 4.90 Å². The van der Waals surface area contributed by atoms with Crippen molar-refractivity contribution in [2.45, 2.75) is 23.8 Å². The second-order valence-corrected chi connectivity index (χ2v) is 6.80. The average Bonchev–Trinajstić information content (AvgIpc) is 2.78. The van der Waals surface area contributed by atoms with E-state index in [1.165, 1.54) is 18.2 Å². The fourth-order valence-corrected chi connectivity index (χ4v) is 3.76. The quantitative estimate of drug-likeness (QED) is 0.881. The minimum atomic E-state index is -3.58. The summed E-state index contributed by atoms with van der Waals surface area (Å²) < 4.78 is 26.7. The van der Waals surface area contributed by atoms with Crippen LogP contribution in [-0.4, -0.2) is 27.5 Å². The molecule has 0 aromatic heterocycles. The molecule has 1 atom stereocenters. The van der Waals surface area contributed by atoms with Gasteiger partial charge >= 0.3 is 0 Å². The molecular formula is C11H15Cl3N2O2S. The molecule has 0 saturated carbocycles. The van der Waals surface area contributed by atoms with Gasteiger partial charge in [-0.1, -0.05) is 23.2 Å². The van der Waals surface area contributed by atoms with Crippen molar-refractivity contribution in [3.05, 3.63) is 28.2 Å². The van der Waals surface area contributed by atoms with Crippen LogP contribution in [0.4, 0.5) is 0 Å². The molecule has 19 heavy (non-hydrogen) atoms. The minimum Gasteiger partial charge on any atom is -0.313 e. The summed E-state index contributed by atoms with van der Waals surface area (Å²) in [6.07, 6.45) is 2.06. The van der Waals surface area contributed by atoms with Crippen LogP contribution in [0.2, 0.25) is 10.0 Å². The van der Waals surface area contributed by atoms with Gasteiger partial charge in [-0.15, -0.1) is 12.4 Å². The molecule has 1 aromatic rings. The fourth-order valence-electron chi connectivity index (χ4n) is 1.91.